The van der Waals surface area contributed by atoms with Gasteiger partial charge < -0.3 is 14.2 Å². The van der Waals surface area contributed by atoms with Crippen LogP contribution >= 0.6 is 0 Å². The molecule has 0 spiro atoms. The van der Waals surface area contributed by atoms with Gasteiger partial charge in [-0.3, -0.25) is 4.79 Å². The van der Waals surface area contributed by atoms with Crippen molar-refractivity contribution in [1.29, 1.82) is 0 Å². The van der Waals surface area contributed by atoms with Gasteiger partial charge in [-0.2, -0.15) is 0 Å². The van der Waals surface area contributed by atoms with Gasteiger partial charge in [0, 0.05) is 12.3 Å². The molecule has 1 atom stereocenters. The molecule has 1 aliphatic carbocycles. The molecule has 0 amide bonds. The number of ketones is 1. The predicted molar refractivity (Wildman–Crippen MR) is 72.3 cm³/mol. The standard InChI is InChI=1S/C15H20O4/c1-17-13-8-10(9-14(18-2)15(13)19-3)11-6-4-5-7-12(11)16/h8-9,11H,4-7H2,1-3H3. The van der Waals surface area contributed by atoms with Crippen molar-refractivity contribution in [2.75, 3.05) is 21.3 Å². The van der Waals surface area contributed by atoms with E-state index in [2.05, 4.69) is 0 Å². The van der Waals surface area contributed by atoms with Crippen LogP contribution in [0.4, 0.5) is 0 Å². The number of benzene rings is 1. The molecule has 1 unspecified atom stereocenters. The van der Waals surface area contributed by atoms with Crippen LogP contribution in [0.15, 0.2) is 12.1 Å². The number of rotatable bonds is 4. The summed E-state index contributed by atoms with van der Waals surface area (Å²) in [6, 6.07) is 3.77. The zero-order chi connectivity index (χ0) is 13.8. The van der Waals surface area contributed by atoms with Gasteiger partial charge in [0.15, 0.2) is 11.5 Å². The SMILES string of the molecule is COc1cc(C2CCCCC2=O)cc(OC)c1OC. The van der Waals surface area contributed by atoms with Crippen molar-refractivity contribution in [2.24, 2.45) is 0 Å². The quantitative estimate of drug-likeness (QED) is 0.838. The van der Waals surface area contributed by atoms with E-state index in [1.54, 1.807) is 21.3 Å². The van der Waals surface area contributed by atoms with Gasteiger partial charge in [0.2, 0.25) is 5.75 Å². The van der Waals surface area contributed by atoms with E-state index in [4.69, 9.17) is 14.2 Å². The molecule has 0 aromatic heterocycles. The van der Waals surface area contributed by atoms with Gasteiger partial charge in [0.25, 0.3) is 0 Å². The zero-order valence-corrected chi connectivity index (χ0v) is 11.7. The number of hydrogen-bond acceptors (Lipinski definition) is 4. The summed E-state index contributed by atoms with van der Waals surface area (Å²) in [6.45, 7) is 0. The fraction of sp³-hybridized carbons (Fsp3) is 0.533. The highest BCUT2D eigenvalue weighted by Gasteiger charge is 2.26. The molecule has 4 nitrogen and oxygen atoms in total. The van der Waals surface area contributed by atoms with Crippen LogP contribution in [-0.2, 0) is 4.79 Å². The second kappa shape index (κ2) is 5.95. The Morgan fingerprint density at radius 3 is 2.11 bits per heavy atom. The molecule has 0 N–H and O–H groups in total. The molecule has 19 heavy (non-hydrogen) atoms. The monoisotopic (exact) mass is 264 g/mol. The van der Waals surface area contributed by atoms with E-state index in [0.717, 1.165) is 24.8 Å². The molecule has 1 aromatic carbocycles. The lowest BCUT2D eigenvalue weighted by Crippen LogP contribution is -2.17. The lowest BCUT2D eigenvalue weighted by molar-refractivity contribution is -0.121. The van der Waals surface area contributed by atoms with Crippen molar-refractivity contribution >= 4 is 5.78 Å². The molecule has 1 aromatic rings. The molecule has 1 saturated carbocycles. The Balaban J connectivity index is 2.43. The lowest BCUT2D eigenvalue weighted by Gasteiger charge is -2.22. The number of methoxy groups -OCH3 is 3. The van der Waals surface area contributed by atoms with Crippen LogP contribution in [0.5, 0.6) is 17.2 Å². The van der Waals surface area contributed by atoms with E-state index in [0.29, 0.717) is 29.5 Å². The first-order valence-corrected chi connectivity index (χ1v) is 6.54. The Hall–Kier alpha value is -1.71. The normalized spacial score (nSPS) is 19.1. The van der Waals surface area contributed by atoms with Gasteiger partial charge in [0.1, 0.15) is 5.78 Å². The van der Waals surface area contributed by atoms with Crippen LogP contribution in [-0.4, -0.2) is 27.1 Å². The van der Waals surface area contributed by atoms with Crippen molar-refractivity contribution in [3.8, 4) is 17.2 Å². The average molecular weight is 264 g/mol. The smallest absolute Gasteiger partial charge is 0.203 e. The number of Topliss-reactive ketones (excluding diaryl/α,β-unsaturated/α-hetero) is 1. The van der Waals surface area contributed by atoms with Gasteiger partial charge in [-0.15, -0.1) is 0 Å². The first-order valence-electron chi connectivity index (χ1n) is 6.54. The zero-order valence-electron chi connectivity index (χ0n) is 11.7. The van der Waals surface area contributed by atoms with Crippen LogP contribution in [0.1, 0.15) is 37.2 Å². The van der Waals surface area contributed by atoms with Crippen molar-refractivity contribution in [1.82, 2.24) is 0 Å². The maximum atomic E-state index is 12.0. The van der Waals surface area contributed by atoms with E-state index >= 15 is 0 Å². The van der Waals surface area contributed by atoms with Gasteiger partial charge in [0.05, 0.1) is 21.3 Å². The fourth-order valence-electron chi connectivity index (χ4n) is 2.64. The minimum Gasteiger partial charge on any atom is -0.493 e. The Bertz CT molecular complexity index is 442. The average Bonchev–Trinajstić information content (AvgIpc) is 2.46. The molecular weight excluding hydrogens is 244 g/mol. The Kier molecular flexibility index (Phi) is 4.30. The molecule has 104 valence electrons. The van der Waals surface area contributed by atoms with Crippen LogP contribution in [0, 0.1) is 0 Å². The Labute approximate surface area is 113 Å². The predicted octanol–water partition coefficient (Wildman–Crippen LogP) is 2.94. The van der Waals surface area contributed by atoms with Gasteiger partial charge >= 0.3 is 0 Å². The maximum Gasteiger partial charge on any atom is 0.203 e. The highest BCUT2D eigenvalue weighted by molar-refractivity contribution is 5.86. The van der Waals surface area contributed by atoms with Crippen molar-refractivity contribution in [3.05, 3.63) is 17.7 Å². The number of ether oxygens (including phenoxy) is 3. The van der Waals surface area contributed by atoms with Gasteiger partial charge in [-0.25, -0.2) is 0 Å². The molecule has 0 bridgehead atoms. The summed E-state index contributed by atoms with van der Waals surface area (Å²) in [4.78, 5) is 12.0. The molecule has 0 saturated heterocycles. The van der Waals surface area contributed by atoms with Crippen molar-refractivity contribution < 1.29 is 19.0 Å². The molecule has 2 rings (SSSR count). The molecular formula is C15H20O4. The fourth-order valence-corrected chi connectivity index (χ4v) is 2.64. The van der Waals surface area contributed by atoms with Crippen molar-refractivity contribution in [2.45, 2.75) is 31.6 Å². The second-order valence-electron chi connectivity index (χ2n) is 4.72. The van der Waals surface area contributed by atoms with Crippen molar-refractivity contribution in [3.63, 3.8) is 0 Å². The number of carbonyl (C=O) groups is 1. The molecule has 1 fully saturated rings. The third-order valence-corrected chi connectivity index (χ3v) is 3.64. The summed E-state index contributed by atoms with van der Waals surface area (Å²) in [6.07, 6.45) is 3.66. The minimum absolute atomic E-state index is 0.0394. The summed E-state index contributed by atoms with van der Waals surface area (Å²) >= 11 is 0. The summed E-state index contributed by atoms with van der Waals surface area (Å²) in [7, 11) is 4.75. The summed E-state index contributed by atoms with van der Waals surface area (Å²) in [5, 5.41) is 0. The molecule has 0 radical (unpaired) electrons. The Morgan fingerprint density at radius 2 is 1.63 bits per heavy atom. The van der Waals surface area contributed by atoms with Gasteiger partial charge in [-0.1, -0.05) is 6.42 Å². The second-order valence-corrected chi connectivity index (χ2v) is 4.72. The summed E-state index contributed by atoms with van der Waals surface area (Å²) in [5.41, 5.74) is 0.958. The Morgan fingerprint density at radius 1 is 1.00 bits per heavy atom. The molecule has 1 aliphatic rings. The largest absolute Gasteiger partial charge is 0.493 e. The summed E-state index contributed by atoms with van der Waals surface area (Å²) < 4.78 is 16.0. The van der Waals surface area contributed by atoms with Crippen LogP contribution in [0.25, 0.3) is 0 Å². The minimum atomic E-state index is -0.0394. The van der Waals surface area contributed by atoms with E-state index in [1.165, 1.54) is 0 Å². The van der Waals surface area contributed by atoms with E-state index in [1.807, 2.05) is 12.1 Å². The van der Waals surface area contributed by atoms with E-state index < -0.39 is 0 Å². The first-order chi connectivity index (χ1) is 9.21. The summed E-state index contributed by atoms with van der Waals surface area (Å²) in [5.74, 6) is 2.05. The third kappa shape index (κ3) is 2.67. The maximum absolute atomic E-state index is 12.0. The highest BCUT2D eigenvalue weighted by atomic mass is 16.5. The highest BCUT2D eigenvalue weighted by Crippen LogP contribution is 2.42. The van der Waals surface area contributed by atoms with Crippen LogP contribution in [0.3, 0.4) is 0 Å². The first kappa shape index (κ1) is 13.7. The van der Waals surface area contributed by atoms with Gasteiger partial charge in [-0.05, 0) is 30.5 Å². The lowest BCUT2D eigenvalue weighted by atomic mass is 9.83. The number of hydrogen-bond donors (Lipinski definition) is 0. The molecule has 0 heterocycles. The van der Waals surface area contributed by atoms with Crippen LogP contribution in [0.2, 0.25) is 0 Å². The van der Waals surface area contributed by atoms with Crippen LogP contribution < -0.4 is 14.2 Å². The molecule has 4 heteroatoms. The van der Waals surface area contributed by atoms with E-state index in [9.17, 15) is 4.79 Å². The molecule has 0 aliphatic heterocycles. The third-order valence-electron chi connectivity index (χ3n) is 3.64. The topological polar surface area (TPSA) is 44.8 Å². The number of carbonyl (C=O) groups excluding carboxylic acids is 1. The van der Waals surface area contributed by atoms with E-state index in [-0.39, 0.29) is 5.92 Å².